The Bertz CT molecular complexity index is 205. The zero-order chi connectivity index (χ0) is 11.2. The molecule has 92 valence electrons. The number of fused-ring (bicyclic) bond motifs is 1. The molecule has 16 heavy (non-hydrogen) atoms. The van der Waals surface area contributed by atoms with Crippen molar-refractivity contribution >= 4 is 6.16 Å². The Kier molecular flexibility index (Phi) is 4.49. The second kappa shape index (κ2) is 6.12. The van der Waals surface area contributed by atoms with Crippen molar-refractivity contribution in [3.63, 3.8) is 0 Å². The van der Waals surface area contributed by atoms with Crippen LogP contribution in [-0.2, 0) is 9.47 Å². The van der Waals surface area contributed by atoms with Crippen molar-refractivity contribution in [3.05, 3.63) is 0 Å². The molecule has 0 radical (unpaired) electrons. The van der Waals surface area contributed by atoms with Gasteiger partial charge in [-0.25, -0.2) is 4.79 Å². The lowest BCUT2D eigenvalue weighted by atomic mass is 9.98. The van der Waals surface area contributed by atoms with E-state index < -0.39 is 6.16 Å². The Hall–Kier alpha value is -0.730. The molecule has 0 aromatic rings. The highest BCUT2D eigenvalue weighted by atomic mass is 16.8. The Balaban J connectivity index is 1.83. The van der Waals surface area contributed by atoms with Gasteiger partial charge in [-0.3, -0.25) is 0 Å². The fourth-order valence-electron chi connectivity index (χ4n) is 2.67. The summed E-state index contributed by atoms with van der Waals surface area (Å²) < 4.78 is 10.4. The van der Waals surface area contributed by atoms with Crippen molar-refractivity contribution in [2.75, 3.05) is 0 Å². The van der Waals surface area contributed by atoms with Gasteiger partial charge >= 0.3 is 6.16 Å². The standard InChI is InChI=1S/C13H22O3/c14-13-15-11-9-7-5-3-1-2-4-6-8-10-12(11)16-13/h11-12H,1-10H2. The highest BCUT2D eigenvalue weighted by molar-refractivity contribution is 5.62. The molecule has 1 heterocycles. The summed E-state index contributed by atoms with van der Waals surface area (Å²) in [5.41, 5.74) is 0. The van der Waals surface area contributed by atoms with Gasteiger partial charge in [0.05, 0.1) is 0 Å². The molecular weight excluding hydrogens is 204 g/mol. The van der Waals surface area contributed by atoms with Crippen LogP contribution in [0, 0.1) is 0 Å². The Morgan fingerprint density at radius 2 is 1.06 bits per heavy atom. The fourth-order valence-corrected chi connectivity index (χ4v) is 2.67. The molecule has 1 aliphatic carbocycles. The third-order valence-electron chi connectivity index (χ3n) is 3.64. The molecule has 1 saturated carbocycles. The van der Waals surface area contributed by atoms with Gasteiger partial charge in [-0.05, 0) is 25.7 Å². The molecule has 2 aliphatic rings. The number of hydrogen-bond acceptors (Lipinski definition) is 3. The normalized spacial score (nSPS) is 32.9. The lowest BCUT2D eigenvalue weighted by molar-refractivity contribution is 0.114. The van der Waals surface area contributed by atoms with E-state index in [1.54, 1.807) is 0 Å². The summed E-state index contributed by atoms with van der Waals surface area (Å²) in [6.45, 7) is 0. The SMILES string of the molecule is O=C1OC2CCCCCCCCCCC2O1. The fraction of sp³-hybridized carbons (Fsp3) is 0.923. The van der Waals surface area contributed by atoms with Crippen LogP contribution in [0.3, 0.4) is 0 Å². The van der Waals surface area contributed by atoms with Crippen LogP contribution in [0.4, 0.5) is 4.79 Å². The molecule has 2 atom stereocenters. The molecule has 0 aromatic heterocycles. The summed E-state index contributed by atoms with van der Waals surface area (Å²) >= 11 is 0. The van der Waals surface area contributed by atoms with Crippen LogP contribution in [0.25, 0.3) is 0 Å². The average Bonchev–Trinajstić information content (AvgIpc) is 2.59. The van der Waals surface area contributed by atoms with Crippen LogP contribution in [0.1, 0.15) is 64.2 Å². The largest absolute Gasteiger partial charge is 0.509 e. The second-order valence-electron chi connectivity index (χ2n) is 4.97. The van der Waals surface area contributed by atoms with Crippen molar-refractivity contribution in [2.45, 2.75) is 76.4 Å². The summed E-state index contributed by atoms with van der Waals surface area (Å²) in [6, 6.07) is 0. The maximum atomic E-state index is 11.1. The predicted octanol–water partition coefficient (Wildman–Crippen LogP) is 3.81. The predicted molar refractivity (Wildman–Crippen MR) is 61.3 cm³/mol. The van der Waals surface area contributed by atoms with E-state index >= 15 is 0 Å². The Morgan fingerprint density at radius 1 is 0.688 bits per heavy atom. The quantitative estimate of drug-likeness (QED) is 0.589. The van der Waals surface area contributed by atoms with E-state index in [0.29, 0.717) is 0 Å². The highest BCUT2D eigenvalue weighted by Crippen LogP contribution is 2.26. The first-order valence-electron chi connectivity index (χ1n) is 6.73. The van der Waals surface area contributed by atoms with Crippen LogP contribution < -0.4 is 0 Å². The topological polar surface area (TPSA) is 35.5 Å². The van der Waals surface area contributed by atoms with Crippen molar-refractivity contribution < 1.29 is 14.3 Å². The number of carbonyl (C=O) groups is 1. The third kappa shape index (κ3) is 3.39. The number of carbonyl (C=O) groups excluding carboxylic acids is 1. The molecule has 0 N–H and O–H groups in total. The molecule has 0 bridgehead atoms. The first kappa shape index (κ1) is 11.7. The van der Waals surface area contributed by atoms with Crippen molar-refractivity contribution in [2.24, 2.45) is 0 Å². The number of hydrogen-bond donors (Lipinski definition) is 0. The summed E-state index contributed by atoms with van der Waals surface area (Å²) in [6.07, 6.45) is 11.8. The van der Waals surface area contributed by atoms with Gasteiger partial charge in [-0.15, -0.1) is 0 Å². The Morgan fingerprint density at radius 3 is 1.50 bits per heavy atom. The van der Waals surface area contributed by atoms with Crippen LogP contribution in [-0.4, -0.2) is 18.4 Å². The first-order chi connectivity index (χ1) is 7.86. The monoisotopic (exact) mass is 226 g/mol. The van der Waals surface area contributed by atoms with Crippen molar-refractivity contribution in [1.29, 1.82) is 0 Å². The molecule has 3 heteroatoms. The summed E-state index contributed by atoms with van der Waals surface area (Å²) in [5, 5.41) is 0. The summed E-state index contributed by atoms with van der Waals surface area (Å²) in [4.78, 5) is 11.1. The van der Waals surface area contributed by atoms with E-state index in [0.717, 1.165) is 25.7 Å². The maximum Gasteiger partial charge on any atom is 0.509 e. The molecule has 0 aromatic carbocycles. The van der Waals surface area contributed by atoms with E-state index in [1.807, 2.05) is 0 Å². The summed E-state index contributed by atoms with van der Waals surface area (Å²) in [5.74, 6) is 0. The molecule has 2 rings (SSSR count). The van der Waals surface area contributed by atoms with Crippen LogP contribution in [0.15, 0.2) is 0 Å². The van der Waals surface area contributed by atoms with Crippen LogP contribution in [0.2, 0.25) is 0 Å². The molecule has 1 saturated heterocycles. The molecule has 0 spiro atoms. The van der Waals surface area contributed by atoms with E-state index in [9.17, 15) is 4.79 Å². The molecular formula is C13H22O3. The van der Waals surface area contributed by atoms with Crippen molar-refractivity contribution in [3.8, 4) is 0 Å². The van der Waals surface area contributed by atoms with Crippen molar-refractivity contribution in [1.82, 2.24) is 0 Å². The molecule has 3 nitrogen and oxygen atoms in total. The smallest absolute Gasteiger partial charge is 0.427 e. The highest BCUT2D eigenvalue weighted by Gasteiger charge is 2.35. The van der Waals surface area contributed by atoms with Gasteiger partial charge in [0.1, 0.15) is 12.2 Å². The lowest BCUT2D eigenvalue weighted by Crippen LogP contribution is -2.22. The van der Waals surface area contributed by atoms with Gasteiger partial charge in [0.25, 0.3) is 0 Å². The minimum Gasteiger partial charge on any atom is -0.427 e. The lowest BCUT2D eigenvalue weighted by Gasteiger charge is -2.16. The van der Waals surface area contributed by atoms with Gasteiger partial charge < -0.3 is 9.47 Å². The zero-order valence-electron chi connectivity index (χ0n) is 9.95. The van der Waals surface area contributed by atoms with E-state index in [4.69, 9.17) is 9.47 Å². The molecule has 0 amide bonds. The zero-order valence-corrected chi connectivity index (χ0v) is 9.95. The Labute approximate surface area is 97.5 Å². The molecule has 1 aliphatic heterocycles. The minimum absolute atomic E-state index is 0.0342. The van der Waals surface area contributed by atoms with Crippen LogP contribution >= 0.6 is 0 Å². The third-order valence-corrected chi connectivity index (χ3v) is 3.64. The number of rotatable bonds is 0. The van der Waals surface area contributed by atoms with Gasteiger partial charge in [0, 0.05) is 0 Å². The molecule has 2 fully saturated rings. The van der Waals surface area contributed by atoms with E-state index in [-0.39, 0.29) is 12.2 Å². The van der Waals surface area contributed by atoms with Crippen LogP contribution in [0.5, 0.6) is 0 Å². The second-order valence-corrected chi connectivity index (χ2v) is 4.97. The van der Waals surface area contributed by atoms with Gasteiger partial charge in [0.15, 0.2) is 0 Å². The average molecular weight is 226 g/mol. The van der Waals surface area contributed by atoms with E-state index in [2.05, 4.69) is 0 Å². The first-order valence-corrected chi connectivity index (χ1v) is 6.73. The van der Waals surface area contributed by atoms with E-state index in [1.165, 1.54) is 38.5 Å². The van der Waals surface area contributed by atoms with Gasteiger partial charge in [-0.1, -0.05) is 38.5 Å². The van der Waals surface area contributed by atoms with Gasteiger partial charge in [-0.2, -0.15) is 0 Å². The number of ether oxygens (including phenoxy) is 2. The maximum absolute atomic E-state index is 11.1. The molecule has 2 unspecified atom stereocenters. The van der Waals surface area contributed by atoms with Gasteiger partial charge in [0.2, 0.25) is 0 Å². The summed E-state index contributed by atoms with van der Waals surface area (Å²) in [7, 11) is 0. The minimum atomic E-state index is -0.454.